The van der Waals surface area contributed by atoms with Crippen LogP contribution in [0.4, 0.5) is 0 Å². The van der Waals surface area contributed by atoms with E-state index in [9.17, 15) is 9.90 Å². The van der Waals surface area contributed by atoms with Crippen molar-refractivity contribution in [2.24, 2.45) is 7.05 Å². The number of hydrogen-bond acceptors (Lipinski definition) is 5. The number of H-pyrrole nitrogens is 1. The van der Waals surface area contributed by atoms with Gasteiger partial charge in [-0.15, -0.1) is 0 Å². The van der Waals surface area contributed by atoms with Crippen molar-refractivity contribution in [3.63, 3.8) is 0 Å². The van der Waals surface area contributed by atoms with Gasteiger partial charge in [0.05, 0.1) is 19.3 Å². The van der Waals surface area contributed by atoms with E-state index in [1.807, 2.05) is 0 Å². The van der Waals surface area contributed by atoms with Gasteiger partial charge in [0.1, 0.15) is 11.2 Å². The molecule has 2 aromatic heterocycles. The third kappa shape index (κ3) is 4.87. The number of fused-ring (bicyclic) bond motifs is 1. The summed E-state index contributed by atoms with van der Waals surface area (Å²) < 4.78 is 1.61. The zero-order valence-electron chi connectivity index (χ0n) is 14.1. The summed E-state index contributed by atoms with van der Waals surface area (Å²) in [6.07, 6.45) is 7.57. The quantitative estimate of drug-likeness (QED) is 0.646. The first-order valence-electron chi connectivity index (χ1n) is 8.39. The van der Waals surface area contributed by atoms with Crippen LogP contribution in [0.25, 0.3) is 11.0 Å². The van der Waals surface area contributed by atoms with E-state index in [1.165, 1.54) is 31.9 Å². The number of unbranched alkanes of at least 4 members (excludes halogenated alkanes) is 4. The lowest BCUT2D eigenvalue weighted by Crippen LogP contribution is -2.29. The van der Waals surface area contributed by atoms with E-state index in [0.717, 1.165) is 13.0 Å². The predicted octanol–water partition coefficient (Wildman–Crippen LogP) is 1.42. The van der Waals surface area contributed by atoms with Crippen LogP contribution < -0.4 is 5.56 Å². The Morgan fingerprint density at radius 1 is 1.26 bits per heavy atom. The molecule has 0 aromatic carbocycles. The van der Waals surface area contributed by atoms with Crippen LogP contribution in [-0.2, 0) is 13.6 Å². The molecule has 0 spiro atoms. The van der Waals surface area contributed by atoms with Gasteiger partial charge in [-0.2, -0.15) is 5.10 Å². The molecule has 0 aliphatic heterocycles. The summed E-state index contributed by atoms with van der Waals surface area (Å²) in [7, 11) is 1.78. The normalized spacial score (nSPS) is 11.7. The smallest absolute Gasteiger partial charge is 0.262 e. The van der Waals surface area contributed by atoms with Gasteiger partial charge < -0.3 is 10.1 Å². The van der Waals surface area contributed by atoms with Crippen molar-refractivity contribution in [3.8, 4) is 0 Å². The SMILES string of the molecule is CCCCCCCN(CCO)Cc1nc2c(cnn2C)c(=O)[nH]1. The van der Waals surface area contributed by atoms with Gasteiger partial charge in [-0.1, -0.05) is 32.6 Å². The van der Waals surface area contributed by atoms with E-state index in [4.69, 9.17) is 0 Å². The van der Waals surface area contributed by atoms with Crippen LogP contribution in [0, 0.1) is 0 Å². The van der Waals surface area contributed by atoms with Crippen LogP contribution >= 0.6 is 0 Å². The Hall–Kier alpha value is -1.73. The molecule has 0 amide bonds. The van der Waals surface area contributed by atoms with Crippen molar-refractivity contribution in [2.75, 3.05) is 19.7 Å². The minimum absolute atomic E-state index is 0.104. The fourth-order valence-electron chi connectivity index (χ4n) is 2.71. The van der Waals surface area contributed by atoms with Crippen LogP contribution in [-0.4, -0.2) is 49.5 Å². The van der Waals surface area contributed by atoms with Gasteiger partial charge >= 0.3 is 0 Å². The molecule has 128 valence electrons. The Morgan fingerprint density at radius 3 is 2.78 bits per heavy atom. The second kappa shape index (κ2) is 8.79. The lowest BCUT2D eigenvalue weighted by atomic mass is 10.1. The Kier molecular flexibility index (Phi) is 6.73. The summed E-state index contributed by atoms with van der Waals surface area (Å²) in [6, 6.07) is 0. The molecule has 2 aromatic rings. The largest absolute Gasteiger partial charge is 0.395 e. The molecule has 0 fully saturated rings. The highest BCUT2D eigenvalue weighted by Crippen LogP contribution is 2.08. The molecule has 0 saturated carbocycles. The first kappa shape index (κ1) is 17.6. The van der Waals surface area contributed by atoms with Crippen LogP contribution in [0.1, 0.15) is 44.9 Å². The van der Waals surface area contributed by atoms with E-state index in [1.54, 1.807) is 11.7 Å². The first-order chi connectivity index (χ1) is 11.2. The standard InChI is InChI=1S/C16H27N5O2/c1-3-4-5-6-7-8-21(9-10-22)12-14-18-15-13(16(23)19-14)11-17-20(15)2/h11,22H,3-10,12H2,1-2H3,(H,18,19,23). The fourth-order valence-corrected chi connectivity index (χ4v) is 2.71. The maximum absolute atomic E-state index is 12.1. The molecule has 2 N–H and O–H groups in total. The predicted molar refractivity (Wildman–Crippen MR) is 90.3 cm³/mol. The van der Waals surface area contributed by atoms with Crippen molar-refractivity contribution in [1.29, 1.82) is 0 Å². The van der Waals surface area contributed by atoms with Crippen molar-refractivity contribution in [1.82, 2.24) is 24.6 Å². The third-order valence-corrected chi connectivity index (χ3v) is 4.02. The highest BCUT2D eigenvalue weighted by Gasteiger charge is 2.11. The van der Waals surface area contributed by atoms with Gasteiger partial charge in [-0.05, 0) is 13.0 Å². The molecular weight excluding hydrogens is 294 g/mol. The minimum atomic E-state index is -0.162. The zero-order chi connectivity index (χ0) is 16.7. The van der Waals surface area contributed by atoms with Crippen LogP contribution in [0.15, 0.2) is 11.0 Å². The molecule has 7 heteroatoms. The number of aromatic nitrogens is 4. The summed E-state index contributed by atoms with van der Waals surface area (Å²) in [5.74, 6) is 0.619. The molecular formula is C16H27N5O2. The van der Waals surface area contributed by atoms with Gasteiger partial charge in [-0.25, -0.2) is 4.98 Å². The Bertz CT molecular complexity index is 664. The van der Waals surface area contributed by atoms with Crippen molar-refractivity contribution >= 4 is 11.0 Å². The van der Waals surface area contributed by atoms with Gasteiger partial charge in [0.2, 0.25) is 0 Å². The number of aliphatic hydroxyl groups is 1. The van der Waals surface area contributed by atoms with Crippen LogP contribution in [0.5, 0.6) is 0 Å². The van der Waals surface area contributed by atoms with Crippen molar-refractivity contribution < 1.29 is 5.11 Å². The summed E-state index contributed by atoms with van der Waals surface area (Å²) in [5.41, 5.74) is 0.431. The highest BCUT2D eigenvalue weighted by molar-refractivity contribution is 5.72. The van der Waals surface area contributed by atoms with E-state index in [0.29, 0.717) is 29.9 Å². The number of nitrogens with zero attached hydrogens (tertiary/aromatic N) is 4. The van der Waals surface area contributed by atoms with Gasteiger partial charge in [0.15, 0.2) is 5.65 Å². The topological polar surface area (TPSA) is 87.0 Å². The van der Waals surface area contributed by atoms with E-state index < -0.39 is 0 Å². The van der Waals surface area contributed by atoms with E-state index in [2.05, 4.69) is 26.9 Å². The number of aromatic amines is 1. The third-order valence-electron chi connectivity index (χ3n) is 4.02. The molecule has 2 heterocycles. The highest BCUT2D eigenvalue weighted by atomic mass is 16.3. The molecule has 23 heavy (non-hydrogen) atoms. The number of aryl methyl sites for hydroxylation is 1. The monoisotopic (exact) mass is 321 g/mol. The summed E-state index contributed by atoms with van der Waals surface area (Å²) in [6.45, 7) is 4.32. The van der Waals surface area contributed by atoms with Gasteiger partial charge in [0, 0.05) is 13.6 Å². The maximum Gasteiger partial charge on any atom is 0.262 e. The van der Waals surface area contributed by atoms with Crippen molar-refractivity contribution in [2.45, 2.75) is 45.6 Å². The second-order valence-electron chi connectivity index (χ2n) is 5.93. The van der Waals surface area contributed by atoms with Crippen LogP contribution in [0.2, 0.25) is 0 Å². The number of aliphatic hydroxyl groups excluding tert-OH is 1. The maximum atomic E-state index is 12.1. The molecule has 0 atom stereocenters. The lowest BCUT2D eigenvalue weighted by Gasteiger charge is -2.20. The van der Waals surface area contributed by atoms with Crippen molar-refractivity contribution in [3.05, 3.63) is 22.4 Å². The fraction of sp³-hybridized carbons (Fsp3) is 0.688. The number of hydrogen-bond donors (Lipinski definition) is 2. The minimum Gasteiger partial charge on any atom is -0.395 e. The lowest BCUT2D eigenvalue weighted by molar-refractivity contribution is 0.184. The Morgan fingerprint density at radius 2 is 2.04 bits per heavy atom. The van der Waals surface area contributed by atoms with E-state index in [-0.39, 0.29) is 12.2 Å². The molecule has 0 bridgehead atoms. The summed E-state index contributed by atoms with van der Waals surface area (Å²) in [5, 5.41) is 13.8. The number of rotatable bonds is 10. The molecule has 0 saturated heterocycles. The zero-order valence-corrected chi connectivity index (χ0v) is 14.1. The molecule has 0 radical (unpaired) electrons. The Balaban J connectivity index is 2.01. The molecule has 0 unspecified atom stereocenters. The van der Waals surface area contributed by atoms with E-state index >= 15 is 0 Å². The number of nitrogens with one attached hydrogen (secondary N) is 1. The molecule has 2 rings (SSSR count). The van der Waals surface area contributed by atoms with Gasteiger partial charge in [0.25, 0.3) is 5.56 Å². The second-order valence-corrected chi connectivity index (χ2v) is 5.93. The average molecular weight is 321 g/mol. The first-order valence-corrected chi connectivity index (χ1v) is 8.39. The summed E-state index contributed by atoms with van der Waals surface area (Å²) >= 11 is 0. The van der Waals surface area contributed by atoms with Crippen LogP contribution in [0.3, 0.4) is 0 Å². The average Bonchev–Trinajstić information content (AvgIpc) is 2.89. The Labute approximate surface area is 136 Å². The van der Waals surface area contributed by atoms with Gasteiger partial charge in [-0.3, -0.25) is 14.4 Å². The molecule has 7 nitrogen and oxygen atoms in total. The molecule has 0 aliphatic carbocycles. The molecule has 0 aliphatic rings. The summed E-state index contributed by atoms with van der Waals surface area (Å²) in [4.78, 5) is 21.5.